The maximum absolute atomic E-state index is 12.9. The van der Waals surface area contributed by atoms with Crippen molar-refractivity contribution in [2.24, 2.45) is 16.6 Å². The molecule has 160 valence electrons. The number of nitrogens with one attached hydrogen (secondary N) is 1. The number of nitrogens with zero attached hydrogens (tertiary/aromatic N) is 3. The molecule has 3 N–H and O–H groups in total. The monoisotopic (exact) mass is 513 g/mol. The molecule has 2 heterocycles. The number of aliphatic imine (C=N–C) groups is 1. The Labute approximate surface area is 190 Å². The van der Waals surface area contributed by atoms with Gasteiger partial charge in [0.05, 0.1) is 0 Å². The van der Waals surface area contributed by atoms with Crippen LogP contribution in [0.1, 0.15) is 38.2 Å². The summed E-state index contributed by atoms with van der Waals surface area (Å²) in [7, 11) is 0. The molecule has 1 atom stereocenters. The predicted molar refractivity (Wildman–Crippen MR) is 127 cm³/mol. The van der Waals surface area contributed by atoms with Gasteiger partial charge in [-0.2, -0.15) is 0 Å². The van der Waals surface area contributed by atoms with Crippen molar-refractivity contribution in [3.8, 4) is 0 Å². The van der Waals surface area contributed by atoms with Crippen LogP contribution >= 0.6 is 24.0 Å². The maximum Gasteiger partial charge on any atom is 0.248 e. The first-order chi connectivity index (χ1) is 13.6. The summed E-state index contributed by atoms with van der Waals surface area (Å²) in [6, 6.07) is 8.10. The molecule has 1 unspecified atom stereocenters. The third-order valence-electron chi connectivity index (χ3n) is 5.42. The number of rotatable bonds is 5. The lowest BCUT2D eigenvalue weighted by Crippen LogP contribution is -2.47. The zero-order chi connectivity index (χ0) is 19.9. The maximum atomic E-state index is 12.9. The van der Waals surface area contributed by atoms with E-state index in [0.29, 0.717) is 6.42 Å². The van der Waals surface area contributed by atoms with Crippen molar-refractivity contribution >= 4 is 47.4 Å². The smallest absolute Gasteiger partial charge is 0.248 e. The molecule has 1 aromatic rings. The van der Waals surface area contributed by atoms with Gasteiger partial charge >= 0.3 is 0 Å². The molecule has 7 nitrogen and oxygen atoms in total. The minimum absolute atomic E-state index is 0. The number of likely N-dealkylation sites (tertiary alicyclic amines) is 1. The summed E-state index contributed by atoms with van der Waals surface area (Å²) in [4.78, 5) is 32.8. The van der Waals surface area contributed by atoms with Gasteiger partial charge in [0.1, 0.15) is 6.54 Å². The highest BCUT2D eigenvalue weighted by atomic mass is 127. The van der Waals surface area contributed by atoms with Gasteiger partial charge < -0.3 is 20.9 Å². The van der Waals surface area contributed by atoms with E-state index in [2.05, 4.69) is 21.3 Å². The third kappa shape index (κ3) is 6.32. The van der Waals surface area contributed by atoms with Crippen LogP contribution in [0.5, 0.6) is 0 Å². The Bertz CT molecular complexity index is 740. The zero-order valence-electron chi connectivity index (χ0n) is 17.1. The lowest BCUT2D eigenvalue weighted by atomic mass is 9.95. The summed E-state index contributed by atoms with van der Waals surface area (Å²) >= 11 is 0. The van der Waals surface area contributed by atoms with Gasteiger partial charge in [-0.25, -0.2) is 4.99 Å². The summed E-state index contributed by atoms with van der Waals surface area (Å²) in [6.45, 7) is 5.23. The number of primary amides is 1. The van der Waals surface area contributed by atoms with Crippen LogP contribution in [-0.4, -0.2) is 55.4 Å². The Morgan fingerprint density at radius 3 is 2.79 bits per heavy atom. The Balaban J connectivity index is 0.00000300. The lowest BCUT2D eigenvalue weighted by Gasteiger charge is -2.35. The van der Waals surface area contributed by atoms with Gasteiger partial charge in [0, 0.05) is 38.3 Å². The molecule has 0 bridgehead atoms. The van der Waals surface area contributed by atoms with Crippen molar-refractivity contribution in [1.29, 1.82) is 0 Å². The first kappa shape index (κ1) is 23.4. The van der Waals surface area contributed by atoms with Crippen LogP contribution in [0.15, 0.2) is 29.3 Å². The number of fused-ring (bicyclic) bond motifs is 1. The van der Waals surface area contributed by atoms with Gasteiger partial charge in [-0.1, -0.05) is 18.2 Å². The quantitative estimate of drug-likeness (QED) is 0.359. The number of hydrogen-bond acceptors (Lipinski definition) is 3. The van der Waals surface area contributed by atoms with Crippen LogP contribution in [-0.2, 0) is 16.0 Å². The first-order valence-corrected chi connectivity index (χ1v) is 10.3. The molecule has 0 aliphatic carbocycles. The minimum Gasteiger partial charge on any atom is -0.370 e. The number of para-hydroxylation sites is 1. The van der Waals surface area contributed by atoms with Crippen molar-refractivity contribution in [3.05, 3.63) is 29.8 Å². The fraction of sp³-hybridized carbons (Fsp3) is 0.571. The Morgan fingerprint density at radius 1 is 1.24 bits per heavy atom. The molecule has 2 aliphatic heterocycles. The molecule has 1 aromatic carbocycles. The van der Waals surface area contributed by atoms with Crippen LogP contribution in [0.3, 0.4) is 0 Å². The number of benzene rings is 1. The van der Waals surface area contributed by atoms with Crippen molar-refractivity contribution in [1.82, 2.24) is 10.2 Å². The third-order valence-corrected chi connectivity index (χ3v) is 5.42. The summed E-state index contributed by atoms with van der Waals surface area (Å²) in [6.07, 6.45) is 4.39. The standard InChI is InChI=1S/C21H31N5O2.HI/c1-2-23-21(25-11-5-7-16(15-25)13-19(22)27)24-14-20(28)26-12-6-9-17-8-3-4-10-18(17)26;/h3-4,8,10,16H,2,5-7,9,11-15H2,1H3,(H2,22,27)(H,23,24);1H. The molecule has 1 saturated heterocycles. The van der Waals surface area contributed by atoms with E-state index >= 15 is 0 Å². The van der Waals surface area contributed by atoms with E-state index in [9.17, 15) is 9.59 Å². The van der Waals surface area contributed by atoms with Crippen LogP contribution in [0.25, 0.3) is 0 Å². The molecule has 1 fully saturated rings. The van der Waals surface area contributed by atoms with E-state index in [4.69, 9.17) is 5.73 Å². The normalized spacial score (nSPS) is 19.2. The topological polar surface area (TPSA) is 91.0 Å². The molecule has 0 spiro atoms. The molecular weight excluding hydrogens is 481 g/mol. The van der Waals surface area contributed by atoms with Crippen molar-refractivity contribution in [2.75, 3.05) is 37.6 Å². The number of nitrogens with two attached hydrogens (primary N) is 1. The van der Waals surface area contributed by atoms with Crippen LogP contribution in [0.4, 0.5) is 5.69 Å². The van der Waals surface area contributed by atoms with Crippen molar-refractivity contribution in [2.45, 2.75) is 39.0 Å². The summed E-state index contributed by atoms with van der Waals surface area (Å²) in [5.74, 6) is 0.760. The molecule has 0 aromatic heterocycles. The predicted octanol–water partition coefficient (Wildman–Crippen LogP) is 2.14. The fourth-order valence-electron chi connectivity index (χ4n) is 4.15. The molecule has 3 rings (SSSR count). The second kappa shape index (κ2) is 11.4. The Kier molecular flexibility index (Phi) is 9.19. The number of aryl methyl sites for hydroxylation is 1. The van der Waals surface area contributed by atoms with E-state index in [1.165, 1.54) is 5.56 Å². The van der Waals surface area contributed by atoms with E-state index in [1.807, 2.05) is 30.0 Å². The largest absolute Gasteiger partial charge is 0.370 e. The number of guanidine groups is 1. The lowest BCUT2D eigenvalue weighted by molar-refractivity contribution is -0.119. The van der Waals surface area contributed by atoms with E-state index in [1.54, 1.807) is 0 Å². The number of anilines is 1. The van der Waals surface area contributed by atoms with Gasteiger partial charge in [-0.3, -0.25) is 9.59 Å². The SMILES string of the molecule is CCNC(=NCC(=O)N1CCCc2ccccc21)N1CCCC(CC(N)=O)C1.I. The van der Waals surface area contributed by atoms with Crippen LogP contribution in [0.2, 0.25) is 0 Å². The molecule has 2 aliphatic rings. The fourth-order valence-corrected chi connectivity index (χ4v) is 4.15. The van der Waals surface area contributed by atoms with Gasteiger partial charge in [-0.05, 0) is 50.2 Å². The number of hydrogen-bond donors (Lipinski definition) is 2. The van der Waals surface area contributed by atoms with Crippen LogP contribution < -0.4 is 16.0 Å². The van der Waals surface area contributed by atoms with Gasteiger partial charge in [0.25, 0.3) is 0 Å². The number of piperidine rings is 1. The molecule has 0 saturated carbocycles. The Morgan fingerprint density at radius 2 is 2.03 bits per heavy atom. The molecule has 0 radical (unpaired) electrons. The average Bonchev–Trinajstić information content (AvgIpc) is 2.70. The molecule has 2 amide bonds. The van der Waals surface area contributed by atoms with E-state index < -0.39 is 0 Å². The second-order valence-electron chi connectivity index (χ2n) is 7.57. The van der Waals surface area contributed by atoms with Crippen molar-refractivity contribution < 1.29 is 9.59 Å². The first-order valence-electron chi connectivity index (χ1n) is 10.3. The second-order valence-corrected chi connectivity index (χ2v) is 7.57. The van der Waals surface area contributed by atoms with Gasteiger partial charge in [0.15, 0.2) is 5.96 Å². The van der Waals surface area contributed by atoms with Crippen molar-refractivity contribution in [3.63, 3.8) is 0 Å². The highest BCUT2D eigenvalue weighted by Crippen LogP contribution is 2.26. The highest BCUT2D eigenvalue weighted by molar-refractivity contribution is 14.0. The number of halogens is 1. The Hall–Kier alpha value is -1.84. The van der Waals surface area contributed by atoms with Gasteiger partial charge in [0.2, 0.25) is 11.8 Å². The van der Waals surface area contributed by atoms with E-state index in [0.717, 1.165) is 63.5 Å². The number of carbonyl (C=O) groups excluding carboxylic acids is 2. The number of carbonyl (C=O) groups is 2. The van der Waals surface area contributed by atoms with Crippen LogP contribution in [0, 0.1) is 5.92 Å². The highest BCUT2D eigenvalue weighted by Gasteiger charge is 2.25. The summed E-state index contributed by atoms with van der Waals surface area (Å²) < 4.78 is 0. The summed E-state index contributed by atoms with van der Waals surface area (Å²) in [5.41, 5.74) is 7.61. The molecular formula is C21H32IN5O2. The van der Waals surface area contributed by atoms with Gasteiger partial charge in [-0.15, -0.1) is 24.0 Å². The average molecular weight is 513 g/mol. The number of amides is 2. The minimum atomic E-state index is -0.257. The summed E-state index contributed by atoms with van der Waals surface area (Å²) in [5, 5.41) is 3.29. The zero-order valence-corrected chi connectivity index (χ0v) is 19.4. The molecule has 8 heteroatoms. The van der Waals surface area contributed by atoms with E-state index in [-0.39, 0.29) is 48.3 Å². The molecule has 29 heavy (non-hydrogen) atoms.